The van der Waals surface area contributed by atoms with Crippen molar-refractivity contribution >= 4 is 11.9 Å². The van der Waals surface area contributed by atoms with E-state index in [9.17, 15) is 14.7 Å². The van der Waals surface area contributed by atoms with E-state index in [-0.39, 0.29) is 23.7 Å². The molecular weight excluding hydrogens is 260 g/mol. The average molecular weight is 280 g/mol. The minimum absolute atomic E-state index is 0.0841. The van der Waals surface area contributed by atoms with Crippen LogP contribution in [0.4, 0.5) is 0 Å². The molecule has 1 aromatic rings. The van der Waals surface area contributed by atoms with Crippen molar-refractivity contribution in [2.24, 2.45) is 5.92 Å². The zero-order chi connectivity index (χ0) is 15.1. The molecule has 0 aromatic carbocycles. The zero-order valence-corrected chi connectivity index (χ0v) is 11.7. The second-order valence-corrected chi connectivity index (χ2v) is 4.56. The third kappa shape index (κ3) is 4.03. The molecule has 1 amide bonds. The highest BCUT2D eigenvalue weighted by Crippen LogP contribution is 2.12. The first-order valence-corrected chi connectivity index (χ1v) is 6.65. The number of carboxylic acid groups (broad SMARTS) is 1. The number of pyridine rings is 1. The standard InChI is InChI=1S/C14H20N2O4/c1-3-9(4-2)11(17)8-16-13(18)12-10(14(19)20)6-5-7-15-12/h5-7,9,11,17H,3-4,8H2,1-2H3,(H,16,18)(H,19,20). The van der Waals surface area contributed by atoms with Crippen molar-refractivity contribution in [1.82, 2.24) is 10.3 Å². The van der Waals surface area contributed by atoms with Gasteiger partial charge in [0.1, 0.15) is 5.69 Å². The highest BCUT2D eigenvalue weighted by Gasteiger charge is 2.20. The van der Waals surface area contributed by atoms with Crippen LogP contribution in [-0.4, -0.2) is 39.7 Å². The topological polar surface area (TPSA) is 99.5 Å². The summed E-state index contributed by atoms with van der Waals surface area (Å²) >= 11 is 0. The molecule has 0 radical (unpaired) electrons. The molecule has 110 valence electrons. The van der Waals surface area contributed by atoms with Crippen molar-refractivity contribution in [3.05, 3.63) is 29.6 Å². The van der Waals surface area contributed by atoms with Crippen molar-refractivity contribution in [2.45, 2.75) is 32.8 Å². The van der Waals surface area contributed by atoms with Crippen molar-refractivity contribution in [3.8, 4) is 0 Å². The van der Waals surface area contributed by atoms with Crippen LogP contribution in [-0.2, 0) is 0 Å². The maximum absolute atomic E-state index is 11.9. The summed E-state index contributed by atoms with van der Waals surface area (Å²) in [6.07, 6.45) is 2.35. The number of hydrogen-bond donors (Lipinski definition) is 3. The van der Waals surface area contributed by atoms with Crippen molar-refractivity contribution in [3.63, 3.8) is 0 Å². The Hall–Kier alpha value is -1.95. The average Bonchev–Trinajstić information content (AvgIpc) is 2.46. The van der Waals surface area contributed by atoms with E-state index in [1.165, 1.54) is 18.3 Å². The van der Waals surface area contributed by atoms with Crippen LogP contribution in [0.1, 0.15) is 47.5 Å². The Morgan fingerprint density at radius 1 is 1.35 bits per heavy atom. The maximum atomic E-state index is 11.9. The molecule has 0 spiro atoms. The number of carbonyl (C=O) groups excluding carboxylic acids is 1. The van der Waals surface area contributed by atoms with Crippen LogP contribution in [0.2, 0.25) is 0 Å². The molecule has 0 aliphatic carbocycles. The fourth-order valence-electron chi connectivity index (χ4n) is 2.04. The Labute approximate surface area is 117 Å². The van der Waals surface area contributed by atoms with Crippen molar-refractivity contribution in [1.29, 1.82) is 0 Å². The summed E-state index contributed by atoms with van der Waals surface area (Å²) < 4.78 is 0. The summed E-state index contributed by atoms with van der Waals surface area (Å²) in [6, 6.07) is 2.78. The summed E-state index contributed by atoms with van der Waals surface area (Å²) in [5.74, 6) is -1.69. The lowest BCUT2D eigenvalue weighted by Crippen LogP contribution is -2.37. The summed E-state index contributed by atoms with van der Waals surface area (Å²) in [6.45, 7) is 4.03. The Morgan fingerprint density at radius 2 is 2.00 bits per heavy atom. The Kier molecular flexibility index (Phi) is 6.11. The first-order chi connectivity index (χ1) is 9.51. The number of hydrogen-bond acceptors (Lipinski definition) is 4. The fourth-order valence-corrected chi connectivity index (χ4v) is 2.04. The molecule has 1 unspecified atom stereocenters. The molecule has 1 heterocycles. The molecule has 20 heavy (non-hydrogen) atoms. The van der Waals surface area contributed by atoms with Gasteiger partial charge < -0.3 is 15.5 Å². The molecule has 3 N–H and O–H groups in total. The number of aliphatic hydroxyl groups is 1. The number of nitrogens with one attached hydrogen (secondary N) is 1. The summed E-state index contributed by atoms with van der Waals surface area (Å²) in [5, 5.41) is 21.4. The van der Waals surface area contributed by atoms with Gasteiger partial charge in [-0.25, -0.2) is 4.79 Å². The number of rotatable bonds is 7. The van der Waals surface area contributed by atoms with E-state index in [4.69, 9.17) is 5.11 Å². The summed E-state index contributed by atoms with van der Waals surface area (Å²) in [7, 11) is 0. The number of carbonyl (C=O) groups is 2. The van der Waals surface area contributed by atoms with Gasteiger partial charge in [-0.15, -0.1) is 0 Å². The molecule has 6 heteroatoms. The van der Waals surface area contributed by atoms with E-state index >= 15 is 0 Å². The molecule has 0 fully saturated rings. The third-order valence-electron chi connectivity index (χ3n) is 3.32. The number of aliphatic hydroxyl groups excluding tert-OH is 1. The highest BCUT2D eigenvalue weighted by molar-refractivity contribution is 6.03. The van der Waals surface area contributed by atoms with Crippen LogP contribution < -0.4 is 5.32 Å². The lowest BCUT2D eigenvalue weighted by Gasteiger charge is -2.20. The Bertz CT molecular complexity index is 472. The van der Waals surface area contributed by atoms with Gasteiger partial charge in [0, 0.05) is 12.7 Å². The van der Waals surface area contributed by atoms with E-state index in [2.05, 4.69) is 10.3 Å². The van der Waals surface area contributed by atoms with Gasteiger partial charge in [-0.1, -0.05) is 26.7 Å². The van der Waals surface area contributed by atoms with Crippen molar-refractivity contribution in [2.75, 3.05) is 6.54 Å². The molecule has 1 aromatic heterocycles. The van der Waals surface area contributed by atoms with Gasteiger partial charge in [-0.3, -0.25) is 9.78 Å². The zero-order valence-electron chi connectivity index (χ0n) is 11.7. The molecule has 6 nitrogen and oxygen atoms in total. The molecule has 0 bridgehead atoms. The highest BCUT2D eigenvalue weighted by atomic mass is 16.4. The summed E-state index contributed by atoms with van der Waals surface area (Å²) in [5.41, 5.74) is -0.293. The molecule has 0 aliphatic heterocycles. The largest absolute Gasteiger partial charge is 0.478 e. The van der Waals surface area contributed by atoms with Gasteiger partial charge in [0.2, 0.25) is 0 Å². The van der Waals surface area contributed by atoms with Crippen LogP contribution in [0, 0.1) is 5.92 Å². The molecule has 1 atom stereocenters. The first-order valence-electron chi connectivity index (χ1n) is 6.65. The Balaban J connectivity index is 2.71. The number of aromatic carboxylic acids is 1. The summed E-state index contributed by atoms with van der Waals surface area (Å²) in [4.78, 5) is 26.7. The SMILES string of the molecule is CCC(CC)C(O)CNC(=O)c1ncccc1C(=O)O. The minimum atomic E-state index is -1.20. The van der Waals surface area contributed by atoms with Crippen molar-refractivity contribution < 1.29 is 19.8 Å². The predicted molar refractivity (Wildman–Crippen MR) is 73.6 cm³/mol. The third-order valence-corrected chi connectivity index (χ3v) is 3.32. The molecule has 1 rings (SSSR count). The predicted octanol–water partition coefficient (Wildman–Crippen LogP) is 1.31. The first kappa shape index (κ1) is 16.1. The van der Waals surface area contributed by atoms with E-state index in [0.717, 1.165) is 12.8 Å². The lowest BCUT2D eigenvalue weighted by molar-refractivity contribution is 0.0687. The maximum Gasteiger partial charge on any atom is 0.338 e. The fraction of sp³-hybridized carbons (Fsp3) is 0.500. The number of amides is 1. The smallest absolute Gasteiger partial charge is 0.338 e. The minimum Gasteiger partial charge on any atom is -0.478 e. The van der Waals surface area contributed by atoms with Gasteiger partial charge in [-0.05, 0) is 18.1 Å². The van der Waals surface area contributed by atoms with Gasteiger partial charge in [0.15, 0.2) is 0 Å². The molecule has 0 saturated carbocycles. The monoisotopic (exact) mass is 280 g/mol. The van der Waals surface area contributed by atoms with Crippen LogP contribution in [0.15, 0.2) is 18.3 Å². The number of carboxylic acids is 1. The number of nitrogens with zero attached hydrogens (tertiary/aromatic N) is 1. The lowest BCUT2D eigenvalue weighted by atomic mass is 9.96. The molecular formula is C14H20N2O4. The second kappa shape index (κ2) is 7.59. The van der Waals surface area contributed by atoms with E-state index in [1.54, 1.807) is 0 Å². The quantitative estimate of drug-likeness (QED) is 0.699. The van der Waals surface area contributed by atoms with Crippen LogP contribution in [0.5, 0.6) is 0 Å². The van der Waals surface area contributed by atoms with Gasteiger partial charge in [0.25, 0.3) is 5.91 Å². The van der Waals surface area contributed by atoms with Gasteiger partial charge >= 0.3 is 5.97 Å². The molecule has 0 aliphatic rings. The van der Waals surface area contributed by atoms with Gasteiger partial charge in [0.05, 0.1) is 11.7 Å². The van der Waals surface area contributed by atoms with Crippen LogP contribution in [0.3, 0.4) is 0 Å². The normalized spacial score (nSPS) is 12.2. The Morgan fingerprint density at radius 3 is 2.55 bits per heavy atom. The van der Waals surface area contributed by atoms with E-state index < -0.39 is 18.0 Å². The van der Waals surface area contributed by atoms with Crippen LogP contribution in [0.25, 0.3) is 0 Å². The second-order valence-electron chi connectivity index (χ2n) is 4.56. The van der Waals surface area contributed by atoms with E-state index in [1.807, 2.05) is 13.8 Å². The molecule has 0 saturated heterocycles. The van der Waals surface area contributed by atoms with Crippen LogP contribution >= 0.6 is 0 Å². The number of aromatic nitrogens is 1. The van der Waals surface area contributed by atoms with Gasteiger partial charge in [-0.2, -0.15) is 0 Å². The van der Waals surface area contributed by atoms with E-state index in [0.29, 0.717) is 0 Å².